The first-order chi connectivity index (χ1) is 12.2. The zero-order valence-corrected chi connectivity index (χ0v) is 15.1. The number of ether oxygens (including phenoxy) is 1. The monoisotopic (exact) mass is 385 g/mol. The summed E-state index contributed by atoms with van der Waals surface area (Å²) in [6.45, 7) is 3.87. The summed E-state index contributed by atoms with van der Waals surface area (Å²) in [5.41, 5.74) is 0.168. The number of nitrogens with one attached hydrogen (secondary N) is 1. The van der Waals surface area contributed by atoms with Crippen LogP contribution in [0.15, 0.2) is 42.5 Å². The van der Waals surface area contributed by atoms with Crippen molar-refractivity contribution < 1.29 is 22.7 Å². The first kappa shape index (κ1) is 20.1. The number of carbonyl (C=O) groups is 1. The minimum absolute atomic E-state index is 0.0178. The third-order valence-electron chi connectivity index (χ3n) is 4.00. The van der Waals surface area contributed by atoms with Gasteiger partial charge in [-0.3, -0.25) is 4.79 Å². The minimum atomic E-state index is -4.52. The topological polar surface area (TPSA) is 38.3 Å². The molecule has 0 aliphatic heterocycles. The van der Waals surface area contributed by atoms with Crippen LogP contribution in [0.4, 0.5) is 18.9 Å². The van der Waals surface area contributed by atoms with Crippen LogP contribution < -0.4 is 10.1 Å². The molecule has 2 aromatic rings. The van der Waals surface area contributed by atoms with Gasteiger partial charge in [-0.15, -0.1) is 0 Å². The molecule has 1 amide bonds. The van der Waals surface area contributed by atoms with Gasteiger partial charge in [0.05, 0.1) is 16.3 Å². The number of anilines is 1. The van der Waals surface area contributed by atoms with Gasteiger partial charge in [0.2, 0.25) is 0 Å². The van der Waals surface area contributed by atoms with Crippen LogP contribution >= 0.6 is 11.6 Å². The molecule has 2 rings (SSSR count). The highest BCUT2D eigenvalue weighted by Gasteiger charge is 2.31. The Balaban J connectivity index is 1.97. The lowest BCUT2D eigenvalue weighted by Gasteiger charge is -2.13. The number of rotatable bonds is 6. The molecule has 1 N–H and O–H groups in total. The highest BCUT2D eigenvalue weighted by atomic mass is 35.5. The Kier molecular flexibility index (Phi) is 6.53. The van der Waals surface area contributed by atoms with E-state index in [4.69, 9.17) is 16.3 Å². The molecule has 0 aromatic heterocycles. The van der Waals surface area contributed by atoms with Crippen molar-refractivity contribution >= 4 is 23.2 Å². The molecule has 3 nitrogen and oxygen atoms in total. The number of alkyl halides is 3. The molecular formula is C19H19ClF3NO2. The third-order valence-corrected chi connectivity index (χ3v) is 4.33. The summed E-state index contributed by atoms with van der Waals surface area (Å²) < 4.78 is 43.6. The summed E-state index contributed by atoms with van der Waals surface area (Å²) in [7, 11) is 0. The van der Waals surface area contributed by atoms with E-state index < -0.39 is 17.6 Å². The molecule has 0 saturated heterocycles. The van der Waals surface area contributed by atoms with Gasteiger partial charge in [-0.2, -0.15) is 13.2 Å². The molecule has 140 valence electrons. The van der Waals surface area contributed by atoms with Crippen LogP contribution in [0.1, 0.15) is 37.3 Å². The summed E-state index contributed by atoms with van der Waals surface area (Å²) in [5, 5.41) is 2.35. The predicted octanol–water partition coefficient (Wildman–Crippen LogP) is 5.89. The Morgan fingerprint density at radius 2 is 1.85 bits per heavy atom. The maximum Gasteiger partial charge on any atom is 0.416 e. The van der Waals surface area contributed by atoms with Gasteiger partial charge in [0.1, 0.15) is 5.75 Å². The van der Waals surface area contributed by atoms with E-state index in [0.29, 0.717) is 11.7 Å². The van der Waals surface area contributed by atoms with Gasteiger partial charge in [0.25, 0.3) is 5.91 Å². The summed E-state index contributed by atoms with van der Waals surface area (Å²) in [6, 6.07) is 10.1. The predicted molar refractivity (Wildman–Crippen MR) is 95.7 cm³/mol. The Morgan fingerprint density at radius 1 is 1.19 bits per heavy atom. The zero-order valence-electron chi connectivity index (χ0n) is 14.4. The lowest BCUT2D eigenvalue weighted by molar-refractivity contribution is -0.137. The second kappa shape index (κ2) is 8.45. The SMILES string of the molecule is CCC(C)c1ccc(OCC(=O)Nc2cc(C(F)(F)F)ccc2Cl)cc1. The Labute approximate surface area is 155 Å². The number of hydrogen-bond acceptors (Lipinski definition) is 2. The van der Waals surface area contributed by atoms with E-state index in [-0.39, 0.29) is 17.3 Å². The molecule has 0 bridgehead atoms. The highest BCUT2D eigenvalue weighted by molar-refractivity contribution is 6.33. The molecule has 0 aliphatic rings. The quantitative estimate of drug-likeness (QED) is 0.673. The standard InChI is InChI=1S/C19H19ClF3NO2/c1-3-12(2)13-4-7-15(8-5-13)26-11-18(25)24-17-10-14(19(21,22)23)6-9-16(17)20/h4-10,12H,3,11H2,1-2H3,(H,24,25). The first-order valence-corrected chi connectivity index (χ1v) is 8.48. The maximum atomic E-state index is 12.7. The molecule has 0 heterocycles. The maximum absolute atomic E-state index is 12.7. The van der Waals surface area contributed by atoms with Crippen molar-refractivity contribution in [1.82, 2.24) is 0 Å². The zero-order chi connectivity index (χ0) is 19.3. The molecule has 26 heavy (non-hydrogen) atoms. The van der Waals surface area contributed by atoms with Crippen molar-refractivity contribution in [2.45, 2.75) is 32.4 Å². The average molecular weight is 386 g/mol. The molecule has 0 radical (unpaired) electrons. The van der Waals surface area contributed by atoms with Crippen LogP contribution in [0, 0.1) is 0 Å². The van der Waals surface area contributed by atoms with E-state index in [2.05, 4.69) is 19.2 Å². The molecule has 2 aromatic carbocycles. The number of carbonyl (C=O) groups excluding carboxylic acids is 1. The van der Waals surface area contributed by atoms with Crippen molar-refractivity contribution in [3.05, 3.63) is 58.6 Å². The molecule has 1 unspecified atom stereocenters. The van der Waals surface area contributed by atoms with E-state index in [1.165, 1.54) is 5.56 Å². The Hall–Kier alpha value is -2.21. The molecule has 1 atom stereocenters. The van der Waals surface area contributed by atoms with Gasteiger partial charge in [0.15, 0.2) is 6.61 Å². The van der Waals surface area contributed by atoms with E-state index >= 15 is 0 Å². The van der Waals surface area contributed by atoms with Crippen LogP contribution in [0.2, 0.25) is 5.02 Å². The van der Waals surface area contributed by atoms with Crippen molar-refractivity contribution in [3.8, 4) is 5.75 Å². The molecular weight excluding hydrogens is 367 g/mol. The van der Waals surface area contributed by atoms with Crippen molar-refractivity contribution in [3.63, 3.8) is 0 Å². The van der Waals surface area contributed by atoms with Crippen LogP contribution in [0.25, 0.3) is 0 Å². The lowest BCUT2D eigenvalue weighted by atomic mass is 9.99. The fourth-order valence-electron chi connectivity index (χ4n) is 2.26. The highest BCUT2D eigenvalue weighted by Crippen LogP contribution is 2.33. The fourth-order valence-corrected chi connectivity index (χ4v) is 2.43. The summed E-state index contributed by atoms with van der Waals surface area (Å²) in [6.07, 6.45) is -3.50. The summed E-state index contributed by atoms with van der Waals surface area (Å²) in [5.74, 6) is 0.329. The van der Waals surface area contributed by atoms with Gasteiger partial charge in [-0.25, -0.2) is 0 Å². The second-order valence-electron chi connectivity index (χ2n) is 5.91. The molecule has 0 saturated carbocycles. The molecule has 0 fully saturated rings. The number of amides is 1. The van der Waals surface area contributed by atoms with Crippen molar-refractivity contribution in [2.75, 3.05) is 11.9 Å². The number of benzene rings is 2. The third kappa shape index (κ3) is 5.39. The van der Waals surface area contributed by atoms with Crippen LogP contribution in [-0.4, -0.2) is 12.5 Å². The van der Waals surface area contributed by atoms with Gasteiger partial charge in [-0.05, 0) is 48.2 Å². The smallest absolute Gasteiger partial charge is 0.416 e. The summed E-state index contributed by atoms with van der Waals surface area (Å²) >= 11 is 5.85. The van der Waals surface area contributed by atoms with Gasteiger partial charge in [-0.1, -0.05) is 37.6 Å². The fraction of sp³-hybridized carbons (Fsp3) is 0.316. The van der Waals surface area contributed by atoms with E-state index in [0.717, 1.165) is 24.6 Å². The molecule has 0 aliphatic carbocycles. The van der Waals surface area contributed by atoms with Crippen LogP contribution in [0.5, 0.6) is 5.75 Å². The van der Waals surface area contributed by atoms with E-state index in [1.54, 1.807) is 12.1 Å². The normalized spacial score (nSPS) is 12.5. The van der Waals surface area contributed by atoms with Crippen LogP contribution in [0.3, 0.4) is 0 Å². The molecule has 0 spiro atoms. The number of hydrogen-bond donors (Lipinski definition) is 1. The van der Waals surface area contributed by atoms with E-state index in [9.17, 15) is 18.0 Å². The second-order valence-corrected chi connectivity index (χ2v) is 6.31. The van der Waals surface area contributed by atoms with Gasteiger partial charge >= 0.3 is 6.18 Å². The minimum Gasteiger partial charge on any atom is -0.484 e. The van der Waals surface area contributed by atoms with Crippen LogP contribution in [-0.2, 0) is 11.0 Å². The number of halogens is 4. The van der Waals surface area contributed by atoms with E-state index in [1.807, 2.05) is 12.1 Å². The Bertz CT molecular complexity index is 760. The summed E-state index contributed by atoms with van der Waals surface area (Å²) in [4.78, 5) is 11.9. The molecule has 7 heteroatoms. The van der Waals surface area contributed by atoms with Gasteiger partial charge in [0, 0.05) is 0 Å². The van der Waals surface area contributed by atoms with Gasteiger partial charge < -0.3 is 10.1 Å². The Morgan fingerprint density at radius 3 is 2.42 bits per heavy atom. The first-order valence-electron chi connectivity index (χ1n) is 8.10. The van der Waals surface area contributed by atoms with Crippen molar-refractivity contribution in [1.29, 1.82) is 0 Å². The average Bonchev–Trinajstić information content (AvgIpc) is 2.60. The van der Waals surface area contributed by atoms with Crippen molar-refractivity contribution in [2.24, 2.45) is 0 Å². The largest absolute Gasteiger partial charge is 0.484 e. The lowest BCUT2D eigenvalue weighted by Crippen LogP contribution is -2.20.